The van der Waals surface area contributed by atoms with Crippen LogP contribution in [0.25, 0.3) is 10.8 Å². The fourth-order valence-corrected chi connectivity index (χ4v) is 3.11. The van der Waals surface area contributed by atoms with Crippen LogP contribution in [0.1, 0.15) is 18.1 Å². The summed E-state index contributed by atoms with van der Waals surface area (Å²) in [5.74, 6) is 2.50. The van der Waals surface area contributed by atoms with Crippen molar-refractivity contribution in [2.24, 2.45) is 0 Å². The first-order valence-corrected chi connectivity index (χ1v) is 7.05. The van der Waals surface area contributed by atoms with Crippen LogP contribution in [-0.2, 0) is 17.8 Å². The average molecular weight is 288 g/mol. The van der Waals surface area contributed by atoms with Crippen molar-refractivity contribution in [2.45, 2.75) is 26.1 Å². The van der Waals surface area contributed by atoms with Crippen LogP contribution in [0, 0.1) is 0 Å². The maximum atomic E-state index is 5.79. The molecular weight excluding hydrogens is 268 g/mol. The minimum absolute atomic E-state index is 0.180. The molecule has 2 aromatic carbocycles. The van der Waals surface area contributed by atoms with E-state index in [1.54, 1.807) is 21.3 Å². The maximum Gasteiger partial charge on any atom is 0.136 e. The Morgan fingerprint density at radius 3 is 2.43 bits per heavy atom. The van der Waals surface area contributed by atoms with E-state index in [-0.39, 0.29) is 6.10 Å². The standard InChI is InChI=1S/C17H20O4/c1-10-8-12-13(9-21-10)17(20-4)15-11(16(12)19-3)6-5-7-14(15)18-2/h5-7,10H,8-9H2,1-4H3/t10-/m0/s1. The Balaban J connectivity index is 2.43. The van der Waals surface area contributed by atoms with Gasteiger partial charge >= 0.3 is 0 Å². The molecular formula is C17H20O4. The van der Waals surface area contributed by atoms with Gasteiger partial charge in [-0.1, -0.05) is 12.1 Å². The SMILES string of the molecule is COc1c2c(c(OC)c3c(OC)cccc13)CO[C@@H](C)C2. The fraction of sp³-hybridized carbons (Fsp3) is 0.412. The molecule has 2 aromatic rings. The monoisotopic (exact) mass is 288 g/mol. The molecule has 1 aliphatic rings. The van der Waals surface area contributed by atoms with Gasteiger partial charge in [0, 0.05) is 22.9 Å². The van der Waals surface area contributed by atoms with E-state index >= 15 is 0 Å². The normalized spacial score (nSPS) is 17.4. The van der Waals surface area contributed by atoms with Gasteiger partial charge in [0.05, 0.1) is 39.4 Å². The van der Waals surface area contributed by atoms with E-state index in [4.69, 9.17) is 18.9 Å². The zero-order valence-electron chi connectivity index (χ0n) is 12.9. The van der Waals surface area contributed by atoms with Crippen LogP contribution in [-0.4, -0.2) is 27.4 Å². The van der Waals surface area contributed by atoms with E-state index in [2.05, 4.69) is 6.92 Å². The summed E-state index contributed by atoms with van der Waals surface area (Å²) in [6.45, 7) is 2.61. The van der Waals surface area contributed by atoms with Crippen LogP contribution in [0.15, 0.2) is 18.2 Å². The van der Waals surface area contributed by atoms with Gasteiger partial charge in [-0.05, 0) is 13.0 Å². The molecule has 0 N–H and O–H groups in total. The van der Waals surface area contributed by atoms with Gasteiger partial charge in [-0.25, -0.2) is 0 Å². The third kappa shape index (κ3) is 2.10. The summed E-state index contributed by atoms with van der Waals surface area (Å²) in [7, 11) is 5.06. The highest BCUT2D eigenvalue weighted by atomic mass is 16.5. The number of benzene rings is 2. The summed E-state index contributed by atoms with van der Waals surface area (Å²) in [6, 6.07) is 5.95. The van der Waals surface area contributed by atoms with E-state index in [9.17, 15) is 0 Å². The van der Waals surface area contributed by atoms with Crippen LogP contribution in [0.2, 0.25) is 0 Å². The van der Waals surface area contributed by atoms with E-state index in [0.717, 1.165) is 40.0 Å². The van der Waals surface area contributed by atoms with Gasteiger partial charge in [0.2, 0.25) is 0 Å². The second kappa shape index (κ2) is 5.45. The van der Waals surface area contributed by atoms with Gasteiger partial charge in [-0.3, -0.25) is 0 Å². The summed E-state index contributed by atoms with van der Waals surface area (Å²) < 4.78 is 22.7. The Morgan fingerprint density at radius 1 is 1.00 bits per heavy atom. The Hall–Kier alpha value is -1.94. The Kier molecular flexibility index (Phi) is 3.64. The molecule has 0 spiro atoms. The van der Waals surface area contributed by atoms with E-state index in [1.807, 2.05) is 18.2 Å². The summed E-state index contributed by atoms with van der Waals surface area (Å²) in [5, 5.41) is 1.96. The van der Waals surface area contributed by atoms with Gasteiger partial charge in [-0.15, -0.1) is 0 Å². The number of hydrogen-bond donors (Lipinski definition) is 0. The molecule has 0 unspecified atom stereocenters. The molecule has 0 radical (unpaired) electrons. The molecule has 0 aromatic heterocycles. The number of rotatable bonds is 3. The van der Waals surface area contributed by atoms with Crippen molar-refractivity contribution in [2.75, 3.05) is 21.3 Å². The molecule has 1 heterocycles. The first-order chi connectivity index (χ1) is 10.2. The topological polar surface area (TPSA) is 36.9 Å². The van der Waals surface area contributed by atoms with Crippen molar-refractivity contribution >= 4 is 10.8 Å². The number of hydrogen-bond acceptors (Lipinski definition) is 4. The van der Waals surface area contributed by atoms with Gasteiger partial charge in [-0.2, -0.15) is 0 Å². The van der Waals surface area contributed by atoms with Crippen LogP contribution < -0.4 is 14.2 Å². The zero-order valence-corrected chi connectivity index (χ0v) is 12.9. The lowest BCUT2D eigenvalue weighted by Gasteiger charge is -2.28. The predicted molar refractivity (Wildman–Crippen MR) is 81.6 cm³/mol. The summed E-state index contributed by atoms with van der Waals surface area (Å²) in [6.07, 6.45) is 1.00. The summed E-state index contributed by atoms with van der Waals surface area (Å²) in [4.78, 5) is 0. The molecule has 0 amide bonds. The van der Waals surface area contributed by atoms with Crippen LogP contribution in [0.3, 0.4) is 0 Å². The van der Waals surface area contributed by atoms with Gasteiger partial charge in [0.1, 0.15) is 17.2 Å². The summed E-state index contributed by atoms with van der Waals surface area (Å²) in [5.41, 5.74) is 2.23. The largest absolute Gasteiger partial charge is 0.496 e. The molecule has 0 fully saturated rings. The lowest BCUT2D eigenvalue weighted by molar-refractivity contribution is 0.0390. The molecule has 4 nitrogen and oxygen atoms in total. The first kappa shape index (κ1) is 14.0. The molecule has 4 heteroatoms. The highest BCUT2D eigenvalue weighted by Crippen LogP contribution is 2.46. The molecule has 1 atom stereocenters. The smallest absolute Gasteiger partial charge is 0.136 e. The van der Waals surface area contributed by atoms with Gasteiger partial charge in [0.15, 0.2) is 0 Å². The minimum Gasteiger partial charge on any atom is -0.496 e. The maximum absolute atomic E-state index is 5.79. The van der Waals surface area contributed by atoms with Crippen LogP contribution in [0.4, 0.5) is 0 Å². The molecule has 0 aliphatic carbocycles. The molecule has 112 valence electrons. The van der Waals surface area contributed by atoms with E-state index in [1.165, 1.54) is 5.56 Å². The third-order valence-electron chi connectivity index (χ3n) is 4.04. The van der Waals surface area contributed by atoms with Crippen molar-refractivity contribution in [3.05, 3.63) is 29.3 Å². The molecule has 0 saturated carbocycles. The van der Waals surface area contributed by atoms with Crippen molar-refractivity contribution in [3.8, 4) is 17.2 Å². The number of ether oxygens (including phenoxy) is 4. The molecule has 21 heavy (non-hydrogen) atoms. The quantitative estimate of drug-likeness (QED) is 0.868. The third-order valence-corrected chi connectivity index (χ3v) is 4.04. The fourth-order valence-electron chi connectivity index (χ4n) is 3.11. The lowest BCUT2D eigenvalue weighted by atomic mass is 9.92. The minimum atomic E-state index is 0.180. The molecule has 0 saturated heterocycles. The number of methoxy groups -OCH3 is 3. The van der Waals surface area contributed by atoms with Crippen molar-refractivity contribution in [1.29, 1.82) is 0 Å². The van der Waals surface area contributed by atoms with Crippen molar-refractivity contribution in [3.63, 3.8) is 0 Å². The Morgan fingerprint density at radius 2 is 1.76 bits per heavy atom. The Labute approximate surface area is 124 Å². The second-order valence-electron chi connectivity index (χ2n) is 5.23. The van der Waals surface area contributed by atoms with Crippen molar-refractivity contribution in [1.82, 2.24) is 0 Å². The van der Waals surface area contributed by atoms with Crippen LogP contribution >= 0.6 is 0 Å². The average Bonchev–Trinajstić information content (AvgIpc) is 2.51. The predicted octanol–water partition coefficient (Wildman–Crippen LogP) is 3.33. The van der Waals surface area contributed by atoms with Crippen LogP contribution in [0.5, 0.6) is 17.2 Å². The molecule has 1 aliphatic heterocycles. The highest BCUT2D eigenvalue weighted by Gasteiger charge is 2.27. The summed E-state index contributed by atoms with van der Waals surface area (Å²) >= 11 is 0. The van der Waals surface area contributed by atoms with E-state index < -0.39 is 0 Å². The number of fused-ring (bicyclic) bond motifs is 2. The van der Waals surface area contributed by atoms with Gasteiger partial charge < -0.3 is 18.9 Å². The molecule has 3 rings (SSSR count). The van der Waals surface area contributed by atoms with E-state index in [0.29, 0.717) is 6.61 Å². The van der Waals surface area contributed by atoms with Crippen molar-refractivity contribution < 1.29 is 18.9 Å². The first-order valence-electron chi connectivity index (χ1n) is 7.05. The zero-order chi connectivity index (χ0) is 15.0. The second-order valence-corrected chi connectivity index (χ2v) is 5.23. The highest BCUT2D eigenvalue weighted by molar-refractivity contribution is 6.00. The Bertz CT molecular complexity index is 678. The van der Waals surface area contributed by atoms with Gasteiger partial charge in [0.25, 0.3) is 0 Å². The molecule has 0 bridgehead atoms. The lowest BCUT2D eigenvalue weighted by Crippen LogP contribution is -2.20.